The van der Waals surface area contributed by atoms with Gasteiger partial charge >= 0.3 is 0 Å². The average Bonchev–Trinajstić information content (AvgIpc) is 3.06. The highest BCUT2D eigenvalue weighted by molar-refractivity contribution is 6.07. The summed E-state index contributed by atoms with van der Waals surface area (Å²) in [5, 5.41) is 2.44. The zero-order valence-electron chi connectivity index (χ0n) is 12.4. The van der Waals surface area contributed by atoms with Crippen LogP contribution in [0.25, 0.3) is 0 Å². The molecule has 0 aromatic carbocycles. The molecule has 0 bridgehead atoms. The number of nitrogens with one attached hydrogen (secondary N) is 1. The first-order chi connectivity index (χ1) is 9.95. The van der Waals surface area contributed by atoms with Gasteiger partial charge in [0.25, 0.3) is 0 Å². The van der Waals surface area contributed by atoms with E-state index in [0.717, 1.165) is 17.7 Å². The first kappa shape index (κ1) is 15.5. The van der Waals surface area contributed by atoms with Crippen LogP contribution < -0.4 is 5.32 Å². The Kier molecular flexibility index (Phi) is 4.59. The molecule has 2 atom stereocenters. The van der Waals surface area contributed by atoms with Crippen molar-refractivity contribution in [3.8, 4) is 0 Å². The van der Waals surface area contributed by atoms with E-state index in [4.69, 9.17) is 0 Å². The largest absolute Gasteiger partial charge is 0.357 e. The van der Waals surface area contributed by atoms with Crippen LogP contribution in [-0.4, -0.2) is 59.6 Å². The lowest BCUT2D eigenvalue weighted by molar-refractivity contribution is -0.149. The van der Waals surface area contributed by atoms with Crippen molar-refractivity contribution in [2.24, 2.45) is 5.92 Å². The van der Waals surface area contributed by atoms with E-state index < -0.39 is 17.9 Å². The van der Waals surface area contributed by atoms with E-state index in [2.05, 4.69) is 5.32 Å². The third-order valence-electron chi connectivity index (χ3n) is 4.10. The van der Waals surface area contributed by atoms with Gasteiger partial charge in [0.2, 0.25) is 23.6 Å². The average molecular weight is 295 g/mol. The van der Waals surface area contributed by atoms with Gasteiger partial charge < -0.3 is 10.2 Å². The highest BCUT2D eigenvalue weighted by Gasteiger charge is 2.43. The molecule has 0 spiro atoms. The predicted molar refractivity (Wildman–Crippen MR) is 73.9 cm³/mol. The fourth-order valence-corrected chi connectivity index (χ4v) is 2.86. The topological polar surface area (TPSA) is 86.8 Å². The van der Waals surface area contributed by atoms with Gasteiger partial charge in [0.05, 0.1) is 6.42 Å². The Balaban J connectivity index is 2.14. The summed E-state index contributed by atoms with van der Waals surface area (Å²) in [6.45, 7) is 3.01. The molecule has 2 aliphatic rings. The number of nitrogens with zero attached hydrogens (tertiary/aromatic N) is 2. The summed E-state index contributed by atoms with van der Waals surface area (Å²) in [6, 6.07) is -1.03. The molecule has 0 saturated carbocycles. The second kappa shape index (κ2) is 6.24. The molecule has 0 radical (unpaired) electrons. The smallest absolute Gasteiger partial charge is 0.243 e. The number of carbonyl (C=O) groups is 4. The van der Waals surface area contributed by atoms with Crippen LogP contribution in [0.4, 0.5) is 0 Å². The SMILES string of the molecule is CNC(=O)C(CC(=O)N1CCCC1)N1C(=O)CC(C)C1=O. The Hall–Kier alpha value is -1.92. The van der Waals surface area contributed by atoms with E-state index in [0.29, 0.717) is 13.1 Å². The Bertz CT molecular complexity index is 471. The van der Waals surface area contributed by atoms with Gasteiger partial charge in [-0.3, -0.25) is 24.1 Å². The summed E-state index contributed by atoms with van der Waals surface area (Å²) >= 11 is 0. The fraction of sp³-hybridized carbons (Fsp3) is 0.714. The van der Waals surface area contributed by atoms with Gasteiger partial charge in [-0.05, 0) is 12.8 Å². The second-order valence-electron chi connectivity index (χ2n) is 5.63. The molecule has 7 heteroatoms. The molecule has 116 valence electrons. The lowest BCUT2D eigenvalue weighted by atomic mass is 10.1. The van der Waals surface area contributed by atoms with Crippen LogP contribution in [0.3, 0.4) is 0 Å². The van der Waals surface area contributed by atoms with Crippen molar-refractivity contribution in [1.29, 1.82) is 0 Å². The highest BCUT2D eigenvalue weighted by Crippen LogP contribution is 2.23. The standard InChI is InChI=1S/C14H21N3O4/c1-9-7-12(19)17(14(9)21)10(13(20)15-2)8-11(18)16-5-3-4-6-16/h9-10H,3-8H2,1-2H3,(H,15,20). The van der Waals surface area contributed by atoms with Crippen molar-refractivity contribution in [3.05, 3.63) is 0 Å². The lowest BCUT2D eigenvalue weighted by Gasteiger charge is -2.26. The summed E-state index contributed by atoms with van der Waals surface area (Å²) in [6.07, 6.45) is 1.87. The van der Waals surface area contributed by atoms with Gasteiger partial charge in [0, 0.05) is 32.5 Å². The number of likely N-dealkylation sites (tertiary alicyclic amines) is 2. The second-order valence-corrected chi connectivity index (χ2v) is 5.63. The third kappa shape index (κ3) is 3.06. The van der Waals surface area contributed by atoms with Crippen molar-refractivity contribution in [2.75, 3.05) is 20.1 Å². The number of rotatable bonds is 4. The van der Waals surface area contributed by atoms with Crippen molar-refractivity contribution in [1.82, 2.24) is 15.1 Å². The van der Waals surface area contributed by atoms with Crippen LogP contribution in [0.15, 0.2) is 0 Å². The molecule has 1 N–H and O–H groups in total. The zero-order valence-corrected chi connectivity index (χ0v) is 12.4. The fourth-order valence-electron chi connectivity index (χ4n) is 2.86. The molecule has 2 unspecified atom stereocenters. The van der Waals surface area contributed by atoms with Gasteiger partial charge in [-0.15, -0.1) is 0 Å². The number of imide groups is 1. The minimum absolute atomic E-state index is 0.101. The van der Waals surface area contributed by atoms with E-state index >= 15 is 0 Å². The molecular weight excluding hydrogens is 274 g/mol. The maximum atomic E-state index is 12.2. The van der Waals surface area contributed by atoms with Crippen LogP contribution in [0.2, 0.25) is 0 Å². The molecule has 2 rings (SSSR count). The number of amides is 4. The monoisotopic (exact) mass is 295 g/mol. The third-order valence-corrected chi connectivity index (χ3v) is 4.10. The summed E-state index contributed by atoms with van der Waals surface area (Å²) in [4.78, 5) is 50.9. The van der Waals surface area contributed by atoms with Crippen LogP contribution in [0.5, 0.6) is 0 Å². The number of hydrogen-bond acceptors (Lipinski definition) is 4. The van der Waals surface area contributed by atoms with Crippen molar-refractivity contribution in [3.63, 3.8) is 0 Å². The quantitative estimate of drug-likeness (QED) is 0.709. The Labute approximate surface area is 123 Å². The molecule has 2 aliphatic heterocycles. The Morgan fingerprint density at radius 3 is 2.38 bits per heavy atom. The number of likely N-dealkylation sites (N-methyl/N-ethyl adjacent to an activating group) is 1. The van der Waals surface area contributed by atoms with E-state index in [9.17, 15) is 19.2 Å². The van der Waals surface area contributed by atoms with Gasteiger partial charge in [-0.1, -0.05) is 6.92 Å². The van der Waals surface area contributed by atoms with Crippen LogP contribution >= 0.6 is 0 Å². The predicted octanol–water partition coefficient (Wildman–Crippen LogP) is -0.491. The first-order valence-corrected chi connectivity index (χ1v) is 7.31. The molecule has 0 aromatic heterocycles. The van der Waals surface area contributed by atoms with Crippen LogP contribution in [0.1, 0.15) is 32.6 Å². The van der Waals surface area contributed by atoms with Crippen molar-refractivity contribution >= 4 is 23.6 Å². The Morgan fingerprint density at radius 1 is 1.29 bits per heavy atom. The minimum atomic E-state index is -1.03. The Morgan fingerprint density at radius 2 is 1.90 bits per heavy atom. The van der Waals surface area contributed by atoms with E-state index in [1.807, 2.05) is 0 Å². The highest BCUT2D eigenvalue weighted by atomic mass is 16.2. The van der Waals surface area contributed by atoms with Crippen molar-refractivity contribution in [2.45, 2.75) is 38.6 Å². The van der Waals surface area contributed by atoms with Gasteiger partial charge in [0.1, 0.15) is 6.04 Å². The van der Waals surface area contributed by atoms with E-state index in [-0.39, 0.29) is 30.6 Å². The van der Waals surface area contributed by atoms with Crippen LogP contribution in [0, 0.1) is 5.92 Å². The van der Waals surface area contributed by atoms with E-state index in [1.54, 1.807) is 11.8 Å². The molecular formula is C14H21N3O4. The molecule has 2 fully saturated rings. The molecule has 4 amide bonds. The molecule has 0 aromatic rings. The summed E-state index contributed by atoms with van der Waals surface area (Å²) < 4.78 is 0. The summed E-state index contributed by atoms with van der Waals surface area (Å²) in [5.41, 5.74) is 0. The molecule has 0 aliphatic carbocycles. The maximum Gasteiger partial charge on any atom is 0.243 e. The van der Waals surface area contributed by atoms with Gasteiger partial charge in [-0.2, -0.15) is 0 Å². The minimum Gasteiger partial charge on any atom is -0.357 e. The van der Waals surface area contributed by atoms with Gasteiger partial charge in [-0.25, -0.2) is 0 Å². The first-order valence-electron chi connectivity index (χ1n) is 7.31. The molecule has 7 nitrogen and oxygen atoms in total. The summed E-state index contributed by atoms with van der Waals surface area (Å²) in [5.74, 6) is -1.83. The molecule has 21 heavy (non-hydrogen) atoms. The van der Waals surface area contributed by atoms with Crippen molar-refractivity contribution < 1.29 is 19.2 Å². The van der Waals surface area contributed by atoms with Crippen LogP contribution in [-0.2, 0) is 19.2 Å². The number of carbonyl (C=O) groups excluding carboxylic acids is 4. The lowest BCUT2D eigenvalue weighted by Crippen LogP contribution is -2.51. The molecule has 2 heterocycles. The number of hydrogen-bond donors (Lipinski definition) is 1. The van der Waals surface area contributed by atoms with Gasteiger partial charge in [0.15, 0.2) is 0 Å². The summed E-state index contributed by atoms with van der Waals surface area (Å²) in [7, 11) is 1.43. The zero-order chi connectivity index (χ0) is 15.6. The maximum absolute atomic E-state index is 12.2. The molecule has 2 saturated heterocycles. The van der Waals surface area contributed by atoms with E-state index in [1.165, 1.54) is 7.05 Å². The normalized spacial score (nSPS) is 23.6.